The topological polar surface area (TPSA) is 84.2 Å². The van der Waals surface area contributed by atoms with Gasteiger partial charge >= 0.3 is 0 Å². The number of nitrogens with one attached hydrogen (secondary N) is 2. The third-order valence-electron chi connectivity index (χ3n) is 5.12. The number of carbonyl (C=O) groups is 2. The fourth-order valence-corrected chi connectivity index (χ4v) is 3.96. The largest absolute Gasteiger partial charge is 0.345 e. The van der Waals surface area contributed by atoms with E-state index in [0.29, 0.717) is 30.1 Å². The minimum absolute atomic E-state index is 0.0334. The van der Waals surface area contributed by atoms with Crippen molar-refractivity contribution in [3.8, 4) is 0 Å². The van der Waals surface area contributed by atoms with Crippen LogP contribution in [-0.4, -0.2) is 23.9 Å². The molecule has 5 nitrogen and oxygen atoms in total. The van der Waals surface area contributed by atoms with Crippen molar-refractivity contribution in [1.82, 2.24) is 5.32 Å². The van der Waals surface area contributed by atoms with Crippen LogP contribution in [0, 0.1) is 5.92 Å². The van der Waals surface area contributed by atoms with Gasteiger partial charge in [-0.05, 0) is 68.2 Å². The van der Waals surface area contributed by atoms with E-state index in [1.807, 2.05) is 18.4 Å². The van der Waals surface area contributed by atoms with Gasteiger partial charge in [-0.1, -0.05) is 12.1 Å². The zero-order valence-corrected chi connectivity index (χ0v) is 16.5. The maximum atomic E-state index is 12.6. The van der Waals surface area contributed by atoms with Gasteiger partial charge in [0, 0.05) is 29.1 Å². The van der Waals surface area contributed by atoms with Crippen molar-refractivity contribution in [2.75, 3.05) is 11.9 Å². The summed E-state index contributed by atoms with van der Waals surface area (Å²) in [4.78, 5) is 26.1. The predicted octanol–water partition coefficient (Wildman–Crippen LogP) is 3.57. The van der Waals surface area contributed by atoms with Gasteiger partial charge in [-0.2, -0.15) is 0 Å². The van der Waals surface area contributed by atoms with Gasteiger partial charge in [-0.25, -0.2) is 0 Å². The Kier molecular flexibility index (Phi) is 6.29. The Labute approximate surface area is 164 Å². The van der Waals surface area contributed by atoms with E-state index in [0.717, 1.165) is 25.7 Å². The van der Waals surface area contributed by atoms with Gasteiger partial charge in [-0.15, -0.1) is 11.3 Å². The second-order valence-electron chi connectivity index (χ2n) is 7.41. The fraction of sp³-hybridized carbons (Fsp3) is 0.429. The van der Waals surface area contributed by atoms with Crippen LogP contribution in [-0.2, 0) is 11.2 Å². The van der Waals surface area contributed by atoms with Crippen LogP contribution in [0.1, 0.15) is 47.8 Å². The molecule has 0 aliphatic heterocycles. The Morgan fingerprint density at radius 3 is 2.74 bits per heavy atom. The van der Waals surface area contributed by atoms with Gasteiger partial charge < -0.3 is 16.4 Å². The smallest absolute Gasteiger partial charge is 0.251 e. The summed E-state index contributed by atoms with van der Waals surface area (Å²) in [6.45, 7) is 2.42. The van der Waals surface area contributed by atoms with Crippen LogP contribution in [0.25, 0.3) is 0 Å². The summed E-state index contributed by atoms with van der Waals surface area (Å²) in [5.41, 5.74) is 6.69. The van der Waals surface area contributed by atoms with Crippen LogP contribution in [0.15, 0.2) is 41.8 Å². The number of amides is 2. The van der Waals surface area contributed by atoms with Crippen molar-refractivity contribution in [2.24, 2.45) is 11.7 Å². The Hall–Kier alpha value is -2.18. The molecule has 1 saturated carbocycles. The van der Waals surface area contributed by atoms with Crippen LogP contribution in [0.2, 0.25) is 0 Å². The van der Waals surface area contributed by atoms with Crippen molar-refractivity contribution in [1.29, 1.82) is 0 Å². The monoisotopic (exact) mass is 385 g/mol. The van der Waals surface area contributed by atoms with Gasteiger partial charge in [-0.3, -0.25) is 9.59 Å². The fourth-order valence-electron chi connectivity index (χ4n) is 3.21. The van der Waals surface area contributed by atoms with Gasteiger partial charge in [0.25, 0.3) is 5.91 Å². The Bertz CT molecular complexity index is 786. The standard InChI is InChI=1S/C21H27N3O2S/c1-21(14-22,16-10-11-16)24-20(26)15-5-2-6-17(13-15)23-19(25)9-3-7-18-8-4-12-27-18/h2,4-6,8,12-13,16H,3,7,9-11,14,22H2,1H3,(H,23,25)(H,24,26). The van der Waals surface area contributed by atoms with E-state index in [1.165, 1.54) is 4.88 Å². The molecule has 1 aromatic heterocycles. The first-order valence-corrected chi connectivity index (χ1v) is 10.3. The normalized spacial score (nSPS) is 15.8. The molecular formula is C21H27N3O2S. The second-order valence-corrected chi connectivity index (χ2v) is 8.44. The summed E-state index contributed by atoms with van der Waals surface area (Å²) in [5, 5.41) is 8.01. The second kappa shape index (κ2) is 8.67. The zero-order valence-electron chi connectivity index (χ0n) is 15.7. The maximum absolute atomic E-state index is 12.6. The zero-order chi connectivity index (χ0) is 19.3. The number of carbonyl (C=O) groups excluding carboxylic acids is 2. The molecule has 1 aliphatic carbocycles. The highest BCUT2D eigenvalue weighted by Crippen LogP contribution is 2.39. The van der Waals surface area contributed by atoms with Crippen LogP contribution in [0.4, 0.5) is 5.69 Å². The number of benzene rings is 1. The number of rotatable bonds is 9. The highest BCUT2D eigenvalue weighted by Gasteiger charge is 2.41. The lowest BCUT2D eigenvalue weighted by molar-refractivity contribution is -0.116. The first kappa shape index (κ1) is 19.6. The van der Waals surface area contributed by atoms with E-state index in [2.05, 4.69) is 16.7 Å². The number of hydrogen-bond acceptors (Lipinski definition) is 4. The first-order chi connectivity index (χ1) is 13.0. The van der Waals surface area contributed by atoms with Gasteiger partial charge in [0.05, 0.1) is 5.54 Å². The summed E-state index contributed by atoms with van der Waals surface area (Å²) in [6, 6.07) is 11.2. The first-order valence-electron chi connectivity index (χ1n) is 9.45. The Morgan fingerprint density at radius 1 is 1.26 bits per heavy atom. The lowest BCUT2D eigenvalue weighted by Gasteiger charge is -2.29. The minimum Gasteiger partial charge on any atom is -0.345 e. The van der Waals surface area contributed by atoms with Crippen molar-refractivity contribution < 1.29 is 9.59 Å². The molecule has 0 saturated heterocycles. The lowest BCUT2D eigenvalue weighted by Crippen LogP contribution is -2.53. The minimum atomic E-state index is -0.363. The average Bonchev–Trinajstić information content (AvgIpc) is 3.40. The molecule has 27 heavy (non-hydrogen) atoms. The van der Waals surface area contributed by atoms with Crippen molar-refractivity contribution in [2.45, 2.75) is 44.6 Å². The third-order valence-corrected chi connectivity index (χ3v) is 6.05. The molecule has 2 amide bonds. The number of nitrogens with two attached hydrogens (primary N) is 1. The van der Waals surface area contributed by atoms with Crippen molar-refractivity contribution >= 4 is 28.8 Å². The molecule has 0 spiro atoms. The van der Waals surface area contributed by atoms with Gasteiger partial charge in [0.1, 0.15) is 0 Å². The Balaban J connectivity index is 1.53. The summed E-state index contributed by atoms with van der Waals surface area (Å²) in [7, 11) is 0. The van der Waals surface area contributed by atoms with Crippen molar-refractivity contribution in [3.05, 3.63) is 52.2 Å². The molecule has 1 aliphatic rings. The highest BCUT2D eigenvalue weighted by molar-refractivity contribution is 7.09. The number of anilines is 1. The van der Waals surface area contributed by atoms with Gasteiger partial charge in [0.15, 0.2) is 0 Å². The molecule has 0 bridgehead atoms. The molecule has 6 heteroatoms. The van der Waals surface area contributed by atoms with Crippen LogP contribution in [0.3, 0.4) is 0 Å². The van der Waals surface area contributed by atoms with Crippen molar-refractivity contribution in [3.63, 3.8) is 0 Å². The predicted molar refractivity (Wildman–Crippen MR) is 110 cm³/mol. The quantitative estimate of drug-likeness (QED) is 0.617. The number of hydrogen-bond donors (Lipinski definition) is 3. The van der Waals surface area contributed by atoms with E-state index in [1.54, 1.807) is 35.6 Å². The highest BCUT2D eigenvalue weighted by atomic mass is 32.1. The SMILES string of the molecule is CC(CN)(NC(=O)c1cccc(NC(=O)CCCc2cccs2)c1)C1CC1. The average molecular weight is 386 g/mol. The van der Waals surface area contributed by atoms with E-state index in [-0.39, 0.29) is 17.4 Å². The molecule has 2 aromatic rings. The lowest BCUT2D eigenvalue weighted by atomic mass is 9.95. The summed E-state index contributed by atoms with van der Waals surface area (Å²) in [5.74, 6) is 0.273. The molecule has 1 atom stereocenters. The van der Waals surface area contributed by atoms with Crippen LogP contribution in [0.5, 0.6) is 0 Å². The van der Waals surface area contributed by atoms with E-state index in [4.69, 9.17) is 5.73 Å². The maximum Gasteiger partial charge on any atom is 0.251 e. The summed E-state index contributed by atoms with van der Waals surface area (Å²) >= 11 is 1.71. The molecule has 4 N–H and O–H groups in total. The van der Waals surface area contributed by atoms with E-state index >= 15 is 0 Å². The number of thiophene rings is 1. The molecule has 144 valence electrons. The molecule has 0 radical (unpaired) electrons. The molecule has 1 fully saturated rings. The van der Waals surface area contributed by atoms with Crippen LogP contribution < -0.4 is 16.4 Å². The van der Waals surface area contributed by atoms with Gasteiger partial charge in [0.2, 0.25) is 5.91 Å². The van der Waals surface area contributed by atoms with Crippen LogP contribution >= 0.6 is 11.3 Å². The Morgan fingerprint density at radius 2 is 2.07 bits per heavy atom. The summed E-state index contributed by atoms with van der Waals surface area (Å²) in [6.07, 6.45) is 4.39. The molecule has 3 rings (SSSR count). The van der Waals surface area contributed by atoms with E-state index in [9.17, 15) is 9.59 Å². The summed E-state index contributed by atoms with van der Waals surface area (Å²) < 4.78 is 0. The number of aryl methyl sites for hydroxylation is 1. The molecule has 1 unspecified atom stereocenters. The molecule has 1 heterocycles. The molecular weight excluding hydrogens is 358 g/mol. The molecule has 1 aromatic carbocycles. The third kappa shape index (κ3) is 5.40. The van der Waals surface area contributed by atoms with E-state index < -0.39 is 0 Å².